The highest BCUT2D eigenvalue weighted by Crippen LogP contribution is 2.37. The molecular formula is C28H28O7. The van der Waals surface area contributed by atoms with Crippen molar-refractivity contribution in [3.8, 4) is 0 Å². The van der Waals surface area contributed by atoms with Gasteiger partial charge in [0.25, 0.3) is 0 Å². The second-order valence-electron chi connectivity index (χ2n) is 8.45. The Morgan fingerprint density at radius 2 is 1.51 bits per heavy atom. The monoisotopic (exact) mass is 476 g/mol. The number of fused-ring (bicyclic) bond motifs is 1. The van der Waals surface area contributed by atoms with E-state index in [1.807, 2.05) is 66.7 Å². The maximum absolute atomic E-state index is 13.0. The molecule has 2 aliphatic rings. The second kappa shape index (κ2) is 11.1. The molecule has 2 saturated heterocycles. The van der Waals surface area contributed by atoms with Crippen molar-refractivity contribution in [2.45, 2.75) is 43.6 Å². The first kappa shape index (κ1) is 23.7. The summed E-state index contributed by atoms with van der Waals surface area (Å²) in [6, 6.07) is 28.3. The molecule has 6 atom stereocenters. The minimum Gasteiger partial charge on any atom is -0.450 e. The van der Waals surface area contributed by atoms with Crippen LogP contribution in [-0.4, -0.2) is 50.4 Å². The van der Waals surface area contributed by atoms with Crippen molar-refractivity contribution < 1.29 is 33.2 Å². The smallest absolute Gasteiger partial charge is 0.338 e. The van der Waals surface area contributed by atoms with Crippen molar-refractivity contribution in [1.29, 1.82) is 0 Å². The molecule has 2 fully saturated rings. The number of carbonyl (C=O) groups excluding carboxylic acids is 1. The van der Waals surface area contributed by atoms with Gasteiger partial charge in [-0.15, -0.1) is 0 Å². The van der Waals surface area contributed by atoms with E-state index in [9.17, 15) is 4.79 Å². The van der Waals surface area contributed by atoms with Gasteiger partial charge in [0.05, 0.1) is 18.8 Å². The molecule has 35 heavy (non-hydrogen) atoms. The van der Waals surface area contributed by atoms with Gasteiger partial charge in [0.15, 0.2) is 18.7 Å². The Kier molecular flexibility index (Phi) is 7.51. The van der Waals surface area contributed by atoms with Crippen LogP contribution in [0.4, 0.5) is 0 Å². The summed E-state index contributed by atoms with van der Waals surface area (Å²) in [7, 11) is 1.51. The average Bonchev–Trinajstić information content (AvgIpc) is 2.93. The molecule has 0 N–H and O–H groups in total. The van der Waals surface area contributed by atoms with Crippen LogP contribution in [0.5, 0.6) is 0 Å². The summed E-state index contributed by atoms with van der Waals surface area (Å²) in [6.45, 7) is 0.597. The Morgan fingerprint density at radius 1 is 0.857 bits per heavy atom. The fraction of sp³-hybridized carbons (Fsp3) is 0.321. The van der Waals surface area contributed by atoms with E-state index in [0.717, 1.165) is 11.1 Å². The molecule has 0 saturated carbocycles. The molecule has 7 heteroatoms. The lowest BCUT2D eigenvalue weighted by molar-refractivity contribution is -0.363. The van der Waals surface area contributed by atoms with Gasteiger partial charge in [-0.1, -0.05) is 78.9 Å². The molecule has 7 nitrogen and oxygen atoms in total. The van der Waals surface area contributed by atoms with E-state index in [1.165, 1.54) is 7.11 Å². The third kappa shape index (κ3) is 5.45. The van der Waals surface area contributed by atoms with Gasteiger partial charge >= 0.3 is 5.97 Å². The number of benzene rings is 3. The van der Waals surface area contributed by atoms with Crippen LogP contribution in [0, 0.1) is 0 Å². The first-order valence-electron chi connectivity index (χ1n) is 11.6. The third-order valence-corrected chi connectivity index (χ3v) is 6.13. The van der Waals surface area contributed by atoms with Crippen molar-refractivity contribution in [3.05, 3.63) is 108 Å². The van der Waals surface area contributed by atoms with Crippen LogP contribution < -0.4 is 0 Å². The molecule has 0 aliphatic carbocycles. The zero-order chi connectivity index (χ0) is 24.0. The normalized spacial score (nSPS) is 28.1. The summed E-state index contributed by atoms with van der Waals surface area (Å²) in [5.74, 6) is -0.486. The lowest BCUT2D eigenvalue weighted by atomic mass is 9.97. The zero-order valence-corrected chi connectivity index (χ0v) is 19.4. The molecule has 0 amide bonds. The first-order chi connectivity index (χ1) is 17.2. The largest absolute Gasteiger partial charge is 0.450 e. The van der Waals surface area contributed by atoms with Gasteiger partial charge in [-0.25, -0.2) is 4.79 Å². The van der Waals surface area contributed by atoms with Gasteiger partial charge < -0.3 is 28.4 Å². The summed E-state index contributed by atoms with van der Waals surface area (Å²) in [5, 5.41) is 0. The van der Waals surface area contributed by atoms with Crippen molar-refractivity contribution in [2.24, 2.45) is 0 Å². The quantitative estimate of drug-likeness (QED) is 0.471. The topological polar surface area (TPSA) is 72.5 Å². The number of rotatable bonds is 7. The van der Waals surface area contributed by atoms with E-state index in [-0.39, 0.29) is 6.61 Å². The van der Waals surface area contributed by atoms with Gasteiger partial charge in [-0.3, -0.25) is 0 Å². The second-order valence-corrected chi connectivity index (χ2v) is 8.45. The number of ether oxygens (including phenoxy) is 6. The highest BCUT2D eigenvalue weighted by atomic mass is 16.8. The fourth-order valence-corrected chi connectivity index (χ4v) is 4.36. The zero-order valence-electron chi connectivity index (χ0n) is 19.4. The highest BCUT2D eigenvalue weighted by molar-refractivity contribution is 5.89. The predicted octanol–water partition coefficient (Wildman–Crippen LogP) is 4.28. The van der Waals surface area contributed by atoms with Crippen molar-refractivity contribution in [1.82, 2.24) is 0 Å². The highest BCUT2D eigenvalue weighted by Gasteiger charge is 2.52. The Balaban J connectivity index is 1.42. The van der Waals surface area contributed by atoms with Gasteiger partial charge in [0.2, 0.25) is 0 Å². The standard InChI is InChI=1S/C28H28O7/c1-30-28-25(34-26(29)20-13-7-3-8-14-20)24(31-17-19-11-5-2-6-12-19)23-22(33-28)18-32-27(35-23)21-15-9-4-10-16-21/h2-16,22-25,27-28H,17-18H2,1H3/t22-,23-,24+,25-,27?,28-/m1/s1. The fourth-order valence-electron chi connectivity index (χ4n) is 4.36. The maximum Gasteiger partial charge on any atom is 0.338 e. The molecule has 5 rings (SSSR count). The molecule has 0 aromatic heterocycles. The van der Waals surface area contributed by atoms with E-state index >= 15 is 0 Å². The summed E-state index contributed by atoms with van der Waals surface area (Å²) in [5.41, 5.74) is 2.31. The van der Waals surface area contributed by atoms with E-state index in [1.54, 1.807) is 24.3 Å². The van der Waals surface area contributed by atoms with Gasteiger partial charge in [-0.05, 0) is 17.7 Å². The molecular weight excluding hydrogens is 448 g/mol. The van der Waals surface area contributed by atoms with Crippen molar-refractivity contribution in [2.75, 3.05) is 13.7 Å². The lowest BCUT2D eigenvalue weighted by Crippen LogP contribution is -2.63. The first-order valence-corrected chi connectivity index (χ1v) is 11.6. The molecule has 3 aromatic rings. The molecule has 1 unspecified atom stereocenters. The van der Waals surface area contributed by atoms with E-state index in [4.69, 9.17) is 28.4 Å². The molecule has 182 valence electrons. The van der Waals surface area contributed by atoms with Gasteiger partial charge in [0, 0.05) is 12.7 Å². The average molecular weight is 477 g/mol. The van der Waals surface area contributed by atoms with Crippen LogP contribution in [0.1, 0.15) is 27.8 Å². The number of methoxy groups -OCH3 is 1. The summed E-state index contributed by atoms with van der Waals surface area (Å²) in [4.78, 5) is 13.0. The van der Waals surface area contributed by atoms with Crippen LogP contribution in [0.25, 0.3) is 0 Å². The van der Waals surface area contributed by atoms with E-state index < -0.39 is 43.0 Å². The van der Waals surface area contributed by atoms with Crippen LogP contribution in [-0.2, 0) is 35.0 Å². The molecule has 3 aromatic carbocycles. The van der Waals surface area contributed by atoms with Crippen LogP contribution in [0.15, 0.2) is 91.0 Å². The lowest BCUT2D eigenvalue weighted by Gasteiger charge is -2.48. The Morgan fingerprint density at radius 3 is 2.20 bits per heavy atom. The SMILES string of the molecule is CO[C@@H]1O[C@@H]2COC(c3ccccc3)O[C@H]2[C@H](OCc2ccccc2)[C@H]1OC(=O)c1ccccc1. The Labute approximate surface area is 204 Å². The molecule has 2 heterocycles. The minimum atomic E-state index is -0.854. The van der Waals surface area contributed by atoms with E-state index in [0.29, 0.717) is 12.2 Å². The molecule has 0 spiro atoms. The number of esters is 1. The summed E-state index contributed by atoms with van der Waals surface area (Å²) in [6.07, 6.45) is -3.93. The molecule has 2 aliphatic heterocycles. The number of carbonyl (C=O) groups is 1. The minimum absolute atomic E-state index is 0.286. The Bertz CT molecular complexity index is 1080. The number of hydrogen-bond donors (Lipinski definition) is 0. The van der Waals surface area contributed by atoms with Crippen molar-refractivity contribution in [3.63, 3.8) is 0 Å². The summed E-state index contributed by atoms with van der Waals surface area (Å²) >= 11 is 0. The van der Waals surface area contributed by atoms with Gasteiger partial charge in [-0.2, -0.15) is 0 Å². The molecule has 0 bridgehead atoms. The maximum atomic E-state index is 13.0. The predicted molar refractivity (Wildman–Crippen MR) is 126 cm³/mol. The Hall–Kier alpha value is -3.07. The third-order valence-electron chi connectivity index (χ3n) is 6.13. The molecule has 0 radical (unpaired) electrons. The van der Waals surface area contributed by atoms with Crippen molar-refractivity contribution >= 4 is 5.97 Å². The van der Waals surface area contributed by atoms with Crippen LogP contribution in [0.2, 0.25) is 0 Å². The summed E-state index contributed by atoms with van der Waals surface area (Å²) < 4.78 is 36.4. The van der Waals surface area contributed by atoms with Gasteiger partial charge in [0.1, 0.15) is 18.3 Å². The van der Waals surface area contributed by atoms with Crippen LogP contribution in [0.3, 0.4) is 0 Å². The number of hydrogen-bond acceptors (Lipinski definition) is 7. The van der Waals surface area contributed by atoms with E-state index in [2.05, 4.69) is 0 Å². The van der Waals surface area contributed by atoms with Crippen LogP contribution >= 0.6 is 0 Å².